The number of aromatic nitrogens is 2. The summed E-state index contributed by atoms with van der Waals surface area (Å²) in [4.78, 5) is 43.0. The summed E-state index contributed by atoms with van der Waals surface area (Å²) in [5, 5.41) is 14.5. The first-order chi connectivity index (χ1) is 24.5. The molecule has 1 aromatic heterocycles. The summed E-state index contributed by atoms with van der Waals surface area (Å²) in [5.74, 6) is -0.137. The first kappa shape index (κ1) is 35.1. The molecule has 0 aliphatic carbocycles. The molecule has 0 fully saturated rings. The molecule has 2 aliphatic heterocycles. The largest absolute Gasteiger partial charge is 0.350 e. The number of fused-ring (bicyclic) bond motifs is 1. The third kappa shape index (κ3) is 8.37. The number of anilines is 2. The molecule has 1 N–H and O–H groups in total. The zero-order chi connectivity index (χ0) is 36.1. The molecule has 260 valence electrons. The van der Waals surface area contributed by atoms with Crippen LogP contribution in [0, 0.1) is 10.1 Å². The highest BCUT2D eigenvalue weighted by molar-refractivity contribution is 5.97. The molecule has 0 bridgehead atoms. The lowest BCUT2D eigenvalue weighted by Gasteiger charge is -2.23. The van der Waals surface area contributed by atoms with E-state index in [1.54, 1.807) is 19.1 Å². The lowest BCUT2D eigenvalue weighted by atomic mass is 10.0. The first-order valence-electron chi connectivity index (χ1n) is 17.1. The lowest BCUT2D eigenvalue weighted by Crippen LogP contribution is -2.24. The number of benzene rings is 4. The monoisotopic (exact) mass is 682 g/mol. The molecule has 2 aliphatic rings. The molecule has 0 saturated heterocycles. The Bertz CT molecular complexity index is 2180. The smallest absolute Gasteiger partial charge is 0.293 e. The molecule has 51 heavy (non-hydrogen) atoms. The average Bonchev–Trinajstić information content (AvgIpc) is 3.56. The van der Waals surface area contributed by atoms with Crippen molar-refractivity contribution in [3.05, 3.63) is 136 Å². The van der Waals surface area contributed by atoms with Crippen LogP contribution in [0.3, 0.4) is 0 Å². The minimum absolute atomic E-state index is 0.0619. The second-order valence-corrected chi connectivity index (χ2v) is 13.2. The molecule has 7 rings (SSSR count). The zero-order valence-corrected chi connectivity index (χ0v) is 29.4. The van der Waals surface area contributed by atoms with Crippen molar-refractivity contribution < 1.29 is 14.5 Å². The van der Waals surface area contributed by atoms with Crippen molar-refractivity contribution in [3.8, 4) is 5.69 Å². The molecule has 0 saturated carbocycles. The maximum absolute atomic E-state index is 11.6. The quantitative estimate of drug-likeness (QED) is 0.0990. The van der Waals surface area contributed by atoms with Gasteiger partial charge in [0.2, 0.25) is 0 Å². The van der Waals surface area contributed by atoms with E-state index in [0.29, 0.717) is 16.8 Å². The Balaban J connectivity index is 0.000000176. The number of carbonyl (C=O) groups is 2. The first-order valence-corrected chi connectivity index (χ1v) is 17.1. The third-order valence-electron chi connectivity index (χ3n) is 9.25. The van der Waals surface area contributed by atoms with Crippen molar-refractivity contribution in [2.75, 3.05) is 45.6 Å². The summed E-state index contributed by atoms with van der Waals surface area (Å²) in [7, 11) is 4.25. The van der Waals surface area contributed by atoms with Crippen LogP contribution in [0.1, 0.15) is 58.5 Å². The number of nitro benzene ring substituents is 1. The van der Waals surface area contributed by atoms with Crippen LogP contribution in [0.25, 0.3) is 27.9 Å². The van der Waals surface area contributed by atoms with E-state index < -0.39 is 4.92 Å². The molecule has 5 aromatic rings. The topological polar surface area (TPSA) is 114 Å². The molecule has 0 amide bonds. The minimum Gasteiger partial charge on any atom is -0.350 e. The lowest BCUT2D eigenvalue weighted by molar-refractivity contribution is -0.383. The van der Waals surface area contributed by atoms with Gasteiger partial charge in [-0.05, 0) is 118 Å². The summed E-state index contributed by atoms with van der Waals surface area (Å²) in [6.07, 6.45) is 8.52. The van der Waals surface area contributed by atoms with Crippen LogP contribution in [0.15, 0.2) is 103 Å². The number of carbonyl (C=O) groups excluding carboxylic acids is 2. The zero-order valence-electron chi connectivity index (χ0n) is 29.4. The van der Waals surface area contributed by atoms with Crippen molar-refractivity contribution in [3.63, 3.8) is 0 Å². The van der Waals surface area contributed by atoms with E-state index in [1.807, 2.05) is 48.8 Å². The summed E-state index contributed by atoms with van der Waals surface area (Å²) >= 11 is 0. The number of nitrogens with zero attached hydrogens (tertiary/aromatic N) is 5. The van der Waals surface area contributed by atoms with Gasteiger partial charge >= 0.3 is 0 Å². The predicted octanol–water partition coefficient (Wildman–Crippen LogP) is 8.21. The number of nitro groups is 1. The summed E-state index contributed by atoms with van der Waals surface area (Å²) < 4.78 is 2.08. The Kier molecular flexibility index (Phi) is 10.6. The molecular formula is C41H42N6O4. The van der Waals surface area contributed by atoms with Crippen LogP contribution in [0.5, 0.6) is 0 Å². The maximum Gasteiger partial charge on any atom is 0.293 e. The number of likely N-dealkylation sites (N-methyl/N-ethyl adjacent to an activating group) is 2. The van der Waals surface area contributed by atoms with Gasteiger partial charge in [0.25, 0.3) is 5.69 Å². The van der Waals surface area contributed by atoms with Crippen LogP contribution in [0.2, 0.25) is 0 Å². The van der Waals surface area contributed by atoms with Gasteiger partial charge in [0.1, 0.15) is 12.0 Å². The fourth-order valence-electron chi connectivity index (χ4n) is 6.46. The summed E-state index contributed by atoms with van der Waals surface area (Å²) in [6, 6.07) is 26.6. The van der Waals surface area contributed by atoms with Gasteiger partial charge in [-0.25, -0.2) is 4.98 Å². The number of rotatable bonds is 8. The second kappa shape index (κ2) is 15.5. The van der Waals surface area contributed by atoms with Gasteiger partial charge in [-0.1, -0.05) is 36.4 Å². The van der Waals surface area contributed by atoms with E-state index in [9.17, 15) is 19.7 Å². The average molecular weight is 683 g/mol. The SMILES string of the molecule is CC(=O)c1ccc(Nc2cccc(C3=CCCN(C)C3)c2)c([N+](=O)[O-])c1.CC(=O)c1ccc2c(c1)ncn2-c1cccc(C2=CCCN(C)C2)c1. The molecular weight excluding hydrogens is 640 g/mol. The maximum atomic E-state index is 11.6. The Morgan fingerprint density at radius 1 is 0.765 bits per heavy atom. The number of imidazole rings is 1. The molecule has 3 heterocycles. The molecule has 10 nitrogen and oxygen atoms in total. The van der Waals surface area contributed by atoms with E-state index in [2.05, 4.69) is 75.2 Å². The van der Waals surface area contributed by atoms with Gasteiger partial charge < -0.3 is 15.1 Å². The number of hydrogen-bond donors (Lipinski definition) is 1. The third-order valence-corrected chi connectivity index (χ3v) is 9.25. The fraction of sp³-hybridized carbons (Fsp3) is 0.244. The van der Waals surface area contributed by atoms with Crippen LogP contribution >= 0.6 is 0 Å². The van der Waals surface area contributed by atoms with E-state index in [4.69, 9.17) is 0 Å². The molecule has 0 atom stereocenters. The van der Waals surface area contributed by atoms with Gasteiger partial charge in [-0.2, -0.15) is 0 Å². The van der Waals surface area contributed by atoms with Crippen molar-refractivity contribution in [2.45, 2.75) is 26.7 Å². The Labute approximate surface area is 297 Å². The van der Waals surface area contributed by atoms with E-state index >= 15 is 0 Å². The highest BCUT2D eigenvalue weighted by atomic mass is 16.6. The van der Waals surface area contributed by atoms with Gasteiger partial charge in [0.15, 0.2) is 11.6 Å². The highest BCUT2D eigenvalue weighted by Gasteiger charge is 2.18. The van der Waals surface area contributed by atoms with Crippen LogP contribution in [-0.2, 0) is 0 Å². The van der Waals surface area contributed by atoms with E-state index in [0.717, 1.165) is 67.0 Å². The van der Waals surface area contributed by atoms with E-state index in [1.165, 1.54) is 29.7 Å². The number of Topliss-reactive ketones (excluding diaryl/α,β-unsaturated/α-hetero) is 2. The standard InChI is InChI=1S/C21H21N3O.C20H21N3O3/c1-15(25)16-8-9-21-20(12-16)22-14-24(21)19-7-3-5-17(11-19)18-6-4-10-23(2)13-18;1-14(24)15-8-9-19(20(12-15)23(25)26)21-18-7-3-5-16(11-18)17-6-4-10-22(2)13-17/h3,5-9,11-12,14H,4,10,13H2,1-2H3;3,5-9,11-12,21H,4,10,13H2,1-2H3. The van der Waals surface area contributed by atoms with Crippen molar-refractivity contribution >= 4 is 50.8 Å². The molecule has 0 radical (unpaired) electrons. The molecule has 0 spiro atoms. The summed E-state index contributed by atoms with van der Waals surface area (Å²) in [5.41, 5.74) is 9.98. The fourth-order valence-corrected chi connectivity index (χ4v) is 6.46. The van der Waals surface area contributed by atoms with Gasteiger partial charge in [0, 0.05) is 54.7 Å². The number of nitrogens with one attached hydrogen (secondary N) is 1. The number of ketones is 2. The predicted molar refractivity (Wildman–Crippen MR) is 204 cm³/mol. The Hall–Kier alpha value is -5.71. The van der Waals surface area contributed by atoms with Crippen molar-refractivity contribution in [1.29, 1.82) is 0 Å². The normalized spacial score (nSPS) is 15.0. The highest BCUT2D eigenvalue weighted by Crippen LogP contribution is 2.31. The Morgan fingerprint density at radius 3 is 2.00 bits per heavy atom. The van der Waals surface area contributed by atoms with Crippen molar-refractivity contribution in [2.24, 2.45) is 0 Å². The number of hydrogen-bond acceptors (Lipinski definition) is 8. The minimum atomic E-state index is -0.475. The van der Waals surface area contributed by atoms with Crippen LogP contribution < -0.4 is 5.32 Å². The van der Waals surface area contributed by atoms with Gasteiger partial charge in [-0.3, -0.25) is 24.3 Å². The van der Waals surface area contributed by atoms with Crippen LogP contribution in [-0.4, -0.2) is 76.1 Å². The van der Waals surface area contributed by atoms with Gasteiger partial charge in [0.05, 0.1) is 16.0 Å². The summed E-state index contributed by atoms with van der Waals surface area (Å²) in [6.45, 7) is 7.01. The van der Waals surface area contributed by atoms with Crippen molar-refractivity contribution in [1.82, 2.24) is 19.4 Å². The second-order valence-electron chi connectivity index (χ2n) is 13.2. The Morgan fingerprint density at radius 2 is 1.37 bits per heavy atom. The van der Waals surface area contributed by atoms with Gasteiger partial charge in [-0.15, -0.1) is 0 Å². The molecule has 10 heteroatoms. The molecule has 4 aromatic carbocycles. The molecule has 0 unspecified atom stereocenters. The van der Waals surface area contributed by atoms with Crippen LogP contribution in [0.4, 0.5) is 17.1 Å². The van der Waals surface area contributed by atoms with E-state index in [-0.39, 0.29) is 17.3 Å².